The van der Waals surface area contributed by atoms with Gasteiger partial charge in [0, 0.05) is 17.1 Å². The molecular formula is C14H17NO3. The molecule has 4 heteroatoms. The minimum atomic E-state index is -0.927. The molecule has 1 heterocycles. The summed E-state index contributed by atoms with van der Waals surface area (Å²) in [5.74, 6) is -0.927. The molecule has 1 unspecified atom stereocenters. The van der Waals surface area contributed by atoms with Crippen molar-refractivity contribution in [2.24, 2.45) is 0 Å². The topological polar surface area (TPSA) is 57.6 Å². The molecule has 1 amide bonds. The summed E-state index contributed by atoms with van der Waals surface area (Å²) in [4.78, 5) is 24.1. The quantitative estimate of drug-likeness (QED) is 0.816. The number of hydrogen-bond acceptors (Lipinski definition) is 2. The molecule has 1 aromatic carbocycles. The molecule has 18 heavy (non-hydrogen) atoms. The summed E-state index contributed by atoms with van der Waals surface area (Å²) in [6.45, 7) is 7.87. The van der Waals surface area contributed by atoms with Gasteiger partial charge in [-0.25, -0.2) is 4.79 Å². The van der Waals surface area contributed by atoms with Crippen molar-refractivity contribution >= 4 is 18.1 Å². The Morgan fingerprint density at radius 2 is 2.06 bits per heavy atom. The van der Waals surface area contributed by atoms with Crippen LogP contribution < -0.4 is 4.90 Å². The number of aromatic carboxylic acids is 1. The van der Waals surface area contributed by atoms with Crippen LogP contribution in [-0.4, -0.2) is 23.5 Å². The maximum absolute atomic E-state index is 11.2. The summed E-state index contributed by atoms with van der Waals surface area (Å²) < 4.78 is 0. The second kappa shape index (κ2) is 3.83. The van der Waals surface area contributed by atoms with Gasteiger partial charge in [-0.2, -0.15) is 0 Å². The van der Waals surface area contributed by atoms with E-state index in [-0.39, 0.29) is 11.5 Å². The molecule has 0 bridgehead atoms. The third-order valence-corrected chi connectivity index (χ3v) is 4.17. The van der Waals surface area contributed by atoms with Gasteiger partial charge in [0.2, 0.25) is 6.41 Å². The smallest absolute Gasteiger partial charge is 0.335 e. The minimum Gasteiger partial charge on any atom is -0.478 e. The Morgan fingerprint density at radius 3 is 2.56 bits per heavy atom. The number of carboxylic acid groups (broad SMARTS) is 1. The van der Waals surface area contributed by atoms with Crippen molar-refractivity contribution in [1.29, 1.82) is 0 Å². The molecule has 1 aliphatic heterocycles. The molecule has 1 aromatic rings. The van der Waals surface area contributed by atoms with Crippen molar-refractivity contribution in [3.8, 4) is 0 Å². The molecular weight excluding hydrogens is 230 g/mol. The van der Waals surface area contributed by atoms with E-state index in [4.69, 9.17) is 0 Å². The first-order valence-corrected chi connectivity index (χ1v) is 5.93. The Labute approximate surface area is 106 Å². The monoisotopic (exact) mass is 247 g/mol. The van der Waals surface area contributed by atoms with E-state index in [2.05, 4.69) is 0 Å². The van der Waals surface area contributed by atoms with Crippen molar-refractivity contribution in [2.75, 3.05) is 4.90 Å². The van der Waals surface area contributed by atoms with Crippen molar-refractivity contribution < 1.29 is 14.7 Å². The lowest BCUT2D eigenvalue weighted by Crippen LogP contribution is -2.38. The maximum Gasteiger partial charge on any atom is 0.335 e. The molecule has 0 fully saturated rings. The molecule has 1 N–H and O–H groups in total. The molecule has 0 radical (unpaired) electrons. The van der Waals surface area contributed by atoms with E-state index in [9.17, 15) is 14.7 Å². The lowest BCUT2D eigenvalue weighted by Gasteiger charge is -2.28. The largest absolute Gasteiger partial charge is 0.478 e. The molecule has 1 aliphatic rings. The number of carboxylic acids is 1. The zero-order chi connectivity index (χ0) is 13.7. The predicted molar refractivity (Wildman–Crippen MR) is 69.2 cm³/mol. The maximum atomic E-state index is 11.2. The standard InChI is InChI=1S/C14H17NO3/c1-8-10(13(17)18)5-6-11-12(8)14(3,4)9(2)15(11)7-16/h5-7,9H,1-4H3,(H,17,18). The first-order chi connectivity index (χ1) is 8.32. The summed E-state index contributed by atoms with van der Waals surface area (Å²) in [7, 11) is 0. The van der Waals surface area contributed by atoms with Gasteiger partial charge in [0.25, 0.3) is 0 Å². The fraction of sp³-hybridized carbons (Fsp3) is 0.429. The fourth-order valence-corrected chi connectivity index (χ4v) is 2.87. The molecule has 0 saturated carbocycles. The molecule has 0 spiro atoms. The predicted octanol–water partition coefficient (Wildman–Crippen LogP) is 2.34. The molecule has 0 aromatic heterocycles. The molecule has 0 aliphatic carbocycles. The van der Waals surface area contributed by atoms with E-state index >= 15 is 0 Å². The highest BCUT2D eigenvalue weighted by Gasteiger charge is 2.43. The number of amides is 1. The van der Waals surface area contributed by atoms with Crippen LogP contribution in [0.2, 0.25) is 0 Å². The van der Waals surface area contributed by atoms with Crippen LogP contribution in [0.4, 0.5) is 5.69 Å². The highest BCUT2D eigenvalue weighted by Crippen LogP contribution is 2.46. The fourth-order valence-electron chi connectivity index (χ4n) is 2.87. The molecule has 0 saturated heterocycles. The molecule has 2 rings (SSSR count). The number of anilines is 1. The Balaban J connectivity index is 2.75. The average molecular weight is 247 g/mol. The van der Waals surface area contributed by atoms with E-state index in [1.165, 1.54) is 0 Å². The summed E-state index contributed by atoms with van der Waals surface area (Å²) >= 11 is 0. The number of fused-ring (bicyclic) bond motifs is 1. The highest BCUT2D eigenvalue weighted by molar-refractivity contribution is 5.93. The minimum absolute atomic E-state index is 0.0211. The van der Waals surface area contributed by atoms with Gasteiger partial charge in [-0.3, -0.25) is 4.79 Å². The SMILES string of the molecule is Cc1c(C(=O)O)ccc2c1C(C)(C)C(C)N2C=O. The van der Waals surface area contributed by atoms with Crippen LogP contribution in [0.15, 0.2) is 12.1 Å². The number of hydrogen-bond donors (Lipinski definition) is 1. The van der Waals surface area contributed by atoms with E-state index < -0.39 is 5.97 Å². The zero-order valence-corrected chi connectivity index (χ0v) is 11.0. The van der Waals surface area contributed by atoms with Crippen molar-refractivity contribution in [1.82, 2.24) is 0 Å². The zero-order valence-electron chi connectivity index (χ0n) is 11.0. The lowest BCUT2D eigenvalue weighted by atomic mass is 9.78. The van der Waals surface area contributed by atoms with E-state index in [1.54, 1.807) is 17.0 Å². The third-order valence-electron chi connectivity index (χ3n) is 4.17. The van der Waals surface area contributed by atoms with E-state index in [0.717, 1.165) is 23.2 Å². The number of carbonyl (C=O) groups is 2. The highest BCUT2D eigenvalue weighted by atomic mass is 16.4. The van der Waals surface area contributed by atoms with Gasteiger partial charge in [-0.05, 0) is 37.1 Å². The van der Waals surface area contributed by atoms with Crippen LogP contribution in [0.5, 0.6) is 0 Å². The molecule has 4 nitrogen and oxygen atoms in total. The van der Waals surface area contributed by atoms with Gasteiger partial charge in [-0.1, -0.05) is 13.8 Å². The summed E-state index contributed by atoms with van der Waals surface area (Å²) in [5.41, 5.74) is 2.60. The van der Waals surface area contributed by atoms with Crippen LogP contribution in [0.3, 0.4) is 0 Å². The number of nitrogens with zero attached hydrogens (tertiary/aromatic N) is 1. The Morgan fingerprint density at radius 1 is 1.44 bits per heavy atom. The van der Waals surface area contributed by atoms with Crippen molar-refractivity contribution in [3.05, 3.63) is 28.8 Å². The first kappa shape index (κ1) is 12.6. The Hall–Kier alpha value is -1.84. The third kappa shape index (κ3) is 1.45. The van der Waals surface area contributed by atoms with Crippen LogP contribution in [0.1, 0.15) is 42.3 Å². The summed E-state index contributed by atoms with van der Waals surface area (Å²) in [6.07, 6.45) is 0.818. The van der Waals surface area contributed by atoms with E-state index in [0.29, 0.717) is 5.56 Å². The average Bonchev–Trinajstić information content (AvgIpc) is 2.47. The van der Waals surface area contributed by atoms with Crippen LogP contribution >= 0.6 is 0 Å². The van der Waals surface area contributed by atoms with Gasteiger partial charge < -0.3 is 10.0 Å². The Bertz CT molecular complexity index is 534. The van der Waals surface area contributed by atoms with Gasteiger partial charge in [-0.15, -0.1) is 0 Å². The first-order valence-electron chi connectivity index (χ1n) is 5.93. The second-order valence-electron chi connectivity index (χ2n) is 5.35. The number of rotatable bonds is 2. The van der Waals surface area contributed by atoms with Gasteiger partial charge >= 0.3 is 5.97 Å². The van der Waals surface area contributed by atoms with Crippen LogP contribution in [-0.2, 0) is 10.2 Å². The lowest BCUT2D eigenvalue weighted by molar-refractivity contribution is -0.107. The second-order valence-corrected chi connectivity index (χ2v) is 5.35. The van der Waals surface area contributed by atoms with Gasteiger partial charge in [0.1, 0.15) is 0 Å². The number of carbonyl (C=O) groups excluding carboxylic acids is 1. The summed E-state index contributed by atoms with van der Waals surface area (Å²) in [6, 6.07) is 3.32. The van der Waals surface area contributed by atoms with Crippen LogP contribution in [0, 0.1) is 6.92 Å². The summed E-state index contributed by atoms with van der Waals surface area (Å²) in [5, 5.41) is 9.17. The molecule has 96 valence electrons. The van der Waals surface area contributed by atoms with E-state index in [1.807, 2.05) is 27.7 Å². The number of benzene rings is 1. The van der Waals surface area contributed by atoms with Crippen molar-refractivity contribution in [2.45, 2.75) is 39.2 Å². The molecule has 1 atom stereocenters. The van der Waals surface area contributed by atoms with Crippen molar-refractivity contribution in [3.63, 3.8) is 0 Å². The van der Waals surface area contributed by atoms with Gasteiger partial charge in [0.15, 0.2) is 0 Å². The van der Waals surface area contributed by atoms with Crippen LogP contribution in [0.25, 0.3) is 0 Å². The Kier molecular flexibility index (Phi) is 2.69. The van der Waals surface area contributed by atoms with Gasteiger partial charge in [0.05, 0.1) is 5.56 Å². The normalized spacial score (nSPS) is 20.7.